The summed E-state index contributed by atoms with van der Waals surface area (Å²) in [5, 5.41) is 6.58. The van der Waals surface area contributed by atoms with E-state index in [9.17, 15) is 4.39 Å². The number of hydrogen-bond donors (Lipinski definition) is 3. The first-order valence-electron chi connectivity index (χ1n) is 12.0. The number of nitrogen functional groups attached to an aromatic ring is 1. The van der Waals surface area contributed by atoms with Crippen molar-refractivity contribution in [2.45, 2.75) is 33.2 Å². The monoisotopic (exact) mass is 476 g/mol. The van der Waals surface area contributed by atoms with E-state index in [1.807, 2.05) is 38.2 Å². The number of nitrogens with zero attached hydrogens (tertiary/aromatic N) is 5. The van der Waals surface area contributed by atoms with Crippen LogP contribution < -0.4 is 21.3 Å². The molecule has 4 rings (SSSR count). The molecular weight excluding hydrogens is 443 g/mol. The summed E-state index contributed by atoms with van der Waals surface area (Å²) >= 11 is 0. The number of aromatic nitrogens is 3. The smallest absolute Gasteiger partial charge is 0.229 e. The molecule has 3 heterocycles. The fraction of sp³-hybridized carbons (Fsp3) is 0.385. The van der Waals surface area contributed by atoms with Crippen molar-refractivity contribution in [2.75, 3.05) is 42.6 Å². The van der Waals surface area contributed by atoms with Gasteiger partial charge in [0, 0.05) is 48.7 Å². The molecule has 0 amide bonds. The van der Waals surface area contributed by atoms with Gasteiger partial charge in [0.2, 0.25) is 5.95 Å². The van der Waals surface area contributed by atoms with E-state index in [1.54, 1.807) is 19.2 Å². The number of anilines is 4. The maximum Gasteiger partial charge on any atom is 0.229 e. The lowest BCUT2D eigenvalue weighted by Crippen LogP contribution is -2.32. The summed E-state index contributed by atoms with van der Waals surface area (Å²) in [6.45, 7) is 9.16. The molecule has 9 heteroatoms. The van der Waals surface area contributed by atoms with Gasteiger partial charge in [0.25, 0.3) is 0 Å². The van der Waals surface area contributed by atoms with Crippen LogP contribution in [0, 0.1) is 11.7 Å². The van der Waals surface area contributed by atoms with Crippen LogP contribution in [0.25, 0.3) is 11.3 Å². The molecule has 1 atom stereocenters. The number of benzene rings is 1. The van der Waals surface area contributed by atoms with Gasteiger partial charge in [-0.3, -0.25) is 4.99 Å². The number of rotatable bonds is 8. The van der Waals surface area contributed by atoms with Gasteiger partial charge in [-0.25, -0.2) is 19.3 Å². The van der Waals surface area contributed by atoms with Crippen LogP contribution in [0.2, 0.25) is 0 Å². The maximum absolute atomic E-state index is 14.7. The average molecular weight is 477 g/mol. The minimum Gasteiger partial charge on any atom is -0.398 e. The van der Waals surface area contributed by atoms with Crippen LogP contribution in [0.1, 0.15) is 32.8 Å². The van der Waals surface area contributed by atoms with Crippen molar-refractivity contribution in [3.8, 4) is 11.3 Å². The number of pyridine rings is 1. The molecule has 1 aromatic carbocycles. The molecule has 0 saturated carbocycles. The SMILES string of the molecule is CCNC1CCN(c2ccc(Nc3ncc(F)c(-c4ccc(N)c(C(=NC)C(C)C)c4)n3)nc2)C1. The van der Waals surface area contributed by atoms with Gasteiger partial charge in [-0.1, -0.05) is 26.8 Å². The van der Waals surface area contributed by atoms with Crippen molar-refractivity contribution in [3.63, 3.8) is 0 Å². The fourth-order valence-corrected chi connectivity index (χ4v) is 4.46. The van der Waals surface area contributed by atoms with E-state index in [0.717, 1.165) is 49.2 Å². The van der Waals surface area contributed by atoms with Crippen LogP contribution in [0.15, 0.2) is 47.7 Å². The highest BCUT2D eigenvalue weighted by Crippen LogP contribution is 2.28. The Hall–Kier alpha value is -3.59. The second kappa shape index (κ2) is 10.8. The summed E-state index contributed by atoms with van der Waals surface area (Å²) in [6, 6.07) is 9.76. The molecule has 184 valence electrons. The zero-order valence-electron chi connectivity index (χ0n) is 20.7. The minimum absolute atomic E-state index is 0.174. The molecule has 4 N–H and O–H groups in total. The third kappa shape index (κ3) is 5.57. The largest absolute Gasteiger partial charge is 0.398 e. The molecule has 1 aliphatic heterocycles. The van der Waals surface area contributed by atoms with E-state index in [0.29, 0.717) is 23.1 Å². The van der Waals surface area contributed by atoms with Gasteiger partial charge < -0.3 is 21.3 Å². The highest BCUT2D eigenvalue weighted by atomic mass is 19.1. The van der Waals surface area contributed by atoms with E-state index in [4.69, 9.17) is 5.73 Å². The zero-order valence-corrected chi connectivity index (χ0v) is 20.7. The molecule has 1 fully saturated rings. The second-order valence-electron chi connectivity index (χ2n) is 8.97. The Kier molecular flexibility index (Phi) is 7.55. The number of halogens is 1. The lowest BCUT2D eigenvalue weighted by atomic mass is 9.95. The molecular formula is C26H33FN8. The Morgan fingerprint density at radius 2 is 2.06 bits per heavy atom. The van der Waals surface area contributed by atoms with Crippen LogP contribution in [-0.4, -0.2) is 53.4 Å². The number of hydrogen-bond acceptors (Lipinski definition) is 8. The third-order valence-corrected chi connectivity index (χ3v) is 6.17. The normalized spacial score (nSPS) is 16.2. The van der Waals surface area contributed by atoms with Gasteiger partial charge in [0.1, 0.15) is 11.5 Å². The Balaban J connectivity index is 1.54. The molecule has 1 saturated heterocycles. The molecule has 1 unspecified atom stereocenters. The van der Waals surface area contributed by atoms with E-state index < -0.39 is 5.82 Å². The van der Waals surface area contributed by atoms with Gasteiger partial charge in [0.05, 0.1) is 18.1 Å². The lowest BCUT2D eigenvalue weighted by Gasteiger charge is -2.18. The van der Waals surface area contributed by atoms with Crippen molar-refractivity contribution in [1.29, 1.82) is 0 Å². The van der Waals surface area contributed by atoms with Gasteiger partial charge in [-0.05, 0) is 43.1 Å². The van der Waals surface area contributed by atoms with Crippen molar-refractivity contribution in [1.82, 2.24) is 20.3 Å². The summed E-state index contributed by atoms with van der Waals surface area (Å²) in [5.41, 5.74) is 10.3. The molecule has 2 aromatic heterocycles. The van der Waals surface area contributed by atoms with Crippen LogP contribution in [0.3, 0.4) is 0 Å². The van der Waals surface area contributed by atoms with E-state index in [1.165, 1.54) is 0 Å². The average Bonchev–Trinajstić information content (AvgIpc) is 3.31. The summed E-state index contributed by atoms with van der Waals surface area (Å²) in [5.74, 6) is 0.514. The summed E-state index contributed by atoms with van der Waals surface area (Å²) < 4.78 is 14.7. The molecule has 0 aliphatic carbocycles. The molecule has 35 heavy (non-hydrogen) atoms. The maximum atomic E-state index is 14.7. The summed E-state index contributed by atoms with van der Waals surface area (Å²) in [6.07, 6.45) is 4.12. The molecule has 1 aliphatic rings. The number of likely N-dealkylation sites (N-methyl/N-ethyl adjacent to an activating group) is 1. The fourth-order valence-electron chi connectivity index (χ4n) is 4.46. The van der Waals surface area contributed by atoms with Crippen molar-refractivity contribution < 1.29 is 4.39 Å². The quantitative estimate of drug-likeness (QED) is 0.329. The zero-order chi connectivity index (χ0) is 24.9. The summed E-state index contributed by atoms with van der Waals surface area (Å²) in [7, 11) is 1.73. The van der Waals surface area contributed by atoms with Crippen molar-refractivity contribution >= 4 is 28.9 Å². The summed E-state index contributed by atoms with van der Waals surface area (Å²) in [4.78, 5) is 19.8. The van der Waals surface area contributed by atoms with Gasteiger partial charge in [-0.15, -0.1) is 0 Å². The number of nitrogens with two attached hydrogens (primary N) is 1. The van der Waals surface area contributed by atoms with Crippen LogP contribution in [0.4, 0.5) is 27.5 Å². The Bertz CT molecular complexity index is 1190. The lowest BCUT2D eigenvalue weighted by molar-refractivity contribution is 0.572. The third-order valence-electron chi connectivity index (χ3n) is 6.17. The molecule has 0 spiro atoms. The van der Waals surface area contributed by atoms with Crippen LogP contribution in [0.5, 0.6) is 0 Å². The van der Waals surface area contributed by atoms with Crippen molar-refractivity contribution in [3.05, 3.63) is 54.1 Å². The minimum atomic E-state index is -0.515. The molecule has 3 aromatic rings. The highest BCUT2D eigenvalue weighted by molar-refractivity contribution is 6.06. The Labute approximate surface area is 205 Å². The second-order valence-corrected chi connectivity index (χ2v) is 8.97. The topological polar surface area (TPSA) is 104 Å². The molecule has 8 nitrogen and oxygen atoms in total. The first-order chi connectivity index (χ1) is 16.9. The first-order valence-corrected chi connectivity index (χ1v) is 12.0. The molecule has 0 bridgehead atoms. The first kappa shape index (κ1) is 24.5. The Morgan fingerprint density at radius 3 is 2.74 bits per heavy atom. The van der Waals surface area contributed by atoms with Crippen LogP contribution >= 0.6 is 0 Å². The van der Waals surface area contributed by atoms with Gasteiger partial charge >= 0.3 is 0 Å². The number of nitrogens with one attached hydrogen (secondary N) is 2. The standard InChI is InChI=1S/C26H33FN8/c1-5-30-18-10-11-35(15-18)19-7-9-23(31-13-19)33-26-32-14-21(27)25(34-26)17-6-8-22(28)20(12-17)24(29-4)16(2)3/h6-9,12-14,16,18,30H,5,10-11,15,28H2,1-4H3,(H,31,32,33,34). The van der Waals surface area contributed by atoms with Crippen LogP contribution in [-0.2, 0) is 0 Å². The van der Waals surface area contributed by atoms with Gasteiger partial charge in [0.15, 0.2) is 5.82 Å². The predicted octanol–water partition coefficient (Wildman–Crippen LogP) is 4.27. The van der Waals surface area contributed by atoms with E-state index in [-0.39, 0.29) is 17.6 Å². The van der Waals surface area contributed by atoms with Crippen molar-refractivity contribution in [2.24, 2.45) is 10.9 Å². The highest BCUT2D eigenvalue weighted by Gasteiger charge is 2.22. The van der Waals surface area contributed by atoms with E-state index >= 15 is 0 Å². The number of aliphatic imine (C=N–C) groups is 1. The predicted molar refractivity (Wildman–Crippen MR) is 141 cm³/mol. The van der Waals surface area contributed by atoms with Gasteiger partial charge in [-0.2, -0.15) is 0 Å². The van der Waals surface area contributed by atoms with E-state index in [2.05, 4.69) is 42.4 Å². The Morgan fingerprint density at radius 1 is 1.23 bits per heavy atom. The molecule has 0 radical (unpaired) electrons.